The first-order valence-corrected chi connectivity index (χ1v) is 8.28. The fraction of sp³-hybridized carbons (Fsp3) is 0.625. The Labute approximate surface area is 130 Å². The van der Waals surface area contributed by atoms with E-state index < -0.39 is 0 Å². The van der Waals surface area contributed by atoms with Gasteiger partial charge in [0, 0.05) is 24.4 Å². The van der Waals surface area contributed by atoms with Crippen molar-refractivity contribution in [2.75, 3.05) is 13.0 Å². The van der Waals surface area contributed by atoms with Crippen molar-refractivity contribution in [1.82, 2.24) is 14.5 Å². The highest BCUT2D eigenvalue weighted by molar-refractivity contribution is 6.17. The summed E-state index contributed by atoms with van der Waals surface area (Å²) in [5.74, 6) is 3.15. The summed E-state index contributed by atoms with van der Waals surface area (Å²) < 4.78 is 7.58. The van der Waals surface area contributed by atoms with E-state index in [2.05, 4.69) is 16.5 Å². The number of fused-ring (bicyclic) bond motifs is 1. The number of methoxy groups -OCH3 is 1. The number of rotatable bonds is 7. The van der Waals surface area contributed by atoms with Gasteiger partial charge in [0.05, 0.1) is 7.11 Å². The van der Waals surface area contributed by atoms with Crippen molar-refractivity contribution >= 4 is 22.8 Å². The molecule has 1 saturated carbocycles. The number of hydrogen-bond donors (Lipinski definition) is 0. The van der Waals surface area contributed by atoms with Gasteiger partial charge in [-0.05, 0) is 24.8 Å². The molecular weight excluding hydrogens is 286 g/mol. The number of halogens is 1. The highest BCUT2D eigenvalue weighted by atomic mass is 35.5. The van der Waals surface area contributed by atoms with E-state index in [4.69, 9.17) is 21.3 Å². The Kier molecular flexibility index (Phi) is 4.34. The Bertz CT molecular complexity index is 621. The second-order valence-electron chi connectivity index (χ2n) is 5.77. The van der Waals surface area contributed by atoms with E-state index in [0.717, 1.165) is 35.7 Å². The van der Waals surface area contributed by atoms with Gasteiger partial charge < -0.3 is 9.30 Å². The van der Waals surface area contributed by atoms with Crippen LogP contribution in [0, 0.1) is 5.92 Å². The lowest BCUT2D eigenvalue weighted by atomic mass is 10.1. The van der Waals surface area contributed by atoms with Crippen LogP contribution in [0.4, 0.5) is 0 Å². The van der Waals surface area contributed by atoms with Crippen molar-refractivity contribution < 1.29 is 4.74 Å². The molecule has 5 heteroatoms. The molecule has 0 amide bonds. The van der Waals surface area contributed by atoms with Crippen molar-refractivity contribution in [3.8, 4) is 5.88 Å². The van der Waals surface area contributed by atoms with Crippen LogP contribution in [0.2, 0.25) is 0 Å². The smallest absolute Gasteiger partial charge is 0.215 e. The van der Waals surface area contributed by atoms with E-state index in [9.17, 15) is 0 Å². The van der Waals surface area contributed by atoms with Gasteiger partial charge >= 0.3 is 0 Å². The third-order valence-corrected chi connectivity index (χ3v) is 4.44. The molecule has 4 nitrogen and oxygen atoms in total. The Morgan fingerprint density at radius 1 is 1.38 bits per heavy atom. The Morgan fingerprint density at radius 3 is 2.81 bits per heavy atom. The third-order valence-electron chi connectivity index (χ3n) is 4.25. The Hall–Kier alpha value is -1.29. The lowest BCUT2D eigenvalue weighted by Gasteiger charge is -2.19. The van der Waals surface area contributed by atoms with E-state index >= 15 is 0 Å². The average molecular weight is 308 g/mol. The van der Waals surface area contributed by atoms with Gasteiger partial charge in [-0.2, -0.15) is 4.98 Å². The summed E-state index contributed by atoms with van der Waals surface area (Å²) in [6.45, 7) is 2.24. The summed E-state index contributed by atoms with van der Waals surface area (Å²) in [5.41, 5.74) is 1.87. The molecule has 1 unspecified atom stereocenters. The molecule has 1 aliphatic rings. The molecular formula is C16H22ClN3O. The molecule has 0 radical (unpaired) electrons. The van der Waals surface area contributed by atoms with Gasteiger partial charge in [-0.3, -0.25) is 0 Å². The lowest BCUT2D eigenvalue weighted by molar-refractivity contribution is 0.395. The first-order valence-electron chi connectivity index (χ1n) is 7.74. The molecule has 1 aliphatic carbocycles. The van der Waals surface area contributed by atoms with Crippen molar-refractivity contribution in [3.05, 3.63) is 18.0 Å². The van der Waals surface area contributed by atoms with E-state index in [0.29, 0.717) is 17.8 Å². The van der Waals surface area contributed by atoms with Crippen LogP contribution in [0.25, 0.3) is 11.2 Å². The highest BCUT2D eigenvalue weighted by Gasteiger charge is 2.28. The maximum atomic E-state index is 5.96. The second-order valence-corrected chi connectivity index (χ2v) is 6.15. The van der Waals surface area contributed by atoms with E-state index in [1.54, 1.807) is 7.11 Å². The minimum absolute atomic E-state index is 0.459. The molecule has 0 bridgehead atoms. The molecule has 0 N–H and O–H groups in total. The maximum absolute atomic E-state index is 5.96. The Morgan fingerprint density at radius 2 is 2.19 bits per heavy atom. The first kappa shape index (κ1) is 14.6. The predicted molar refractivity (Wildman–Crippen MR) is 85.2 cm³/mol. The number of aryl methyl sites for hydroxylation is 1. The zero-order valence-electron chi connectivity index (χ0n) is 12.7. The topological polar surface area (TPSA) is 39.9 Å². The standard InChI is InChI=1S/C16H22ClN3O/c1-3-12(10-11-4-5-11)20-14(8-9-17)18-13-6-7-15(21-2)19-16(13)20/h6-7,11-12H,3-5,8-10H2,1-2H3. The molecule has 1 fully saturated rings. The van der Waals surface area contributed by atoms with E-state index in [1.807, 2.05) is 12.1 Å². The monoisotopic (exact) mass is 307 g/mol. The number of aromatic nitrogens is 3. The molecule has 2 heterocycles. The van der Waals surface area contributed by atoms with Crippen LogP contribution in [0.5, 0.6) is 5.88 Å². The van der Waals surface area contributed by atoms with Gasteiger partial charge in [-0.25, -0.2) is 4.98 Å². The van der Waals surface area contributed by atoms with Crippen LogP contribution in [0.15, 0.2) is 12.1 Å². The van der Waals surface area contributed by atoms with Gasteiger partial charge in [0.1, 0.15) is 11.3 Å². The summed E-state index contributed by atoms with van der Waals surface area (Å²) >= 11 is 5.96. The average Bonchev–Trinajstić information content (AvgIpc) is 3.25. The normalized spacial score (nSPS) is 16.3. The fourth-order valence-electron chi connectivity index (χ4n) is 2.95. The van der Waals surface area contributed by atoms with Crippen molar-refractivity contribution in [2.45, 2.75) is 45.1 Å². The summed E-state index contributed by atoms with van der Waals surface area (Å²) in [5, 5.41) is 0. The summed E-state index contributed by atoms with van der Waals surface area (Å²) in [7, 11) is 1.65. The molecule has 2 aromatic rings. The van der Waals surface area contributed by atoms with Crippen LogP contribution < -0.4 is 4.74 Å². The minimum Gasteiger partial charge on any atom is -0.481 e. The quantitative estimate of drug-likeness (QED) is 0.727. The molecule has 3 rings (SSSR count). The van der Waals surface area contributed by atoms with Crippen LogP contribution in [0.3, 0.4) is 0 Å². The van der Waals surface area contributed by atoms with Crippen LogP contribution in [0.1, 0.15) is 44.5 Å². The number of imidazole rings is 1. The van der Waals surface area contributed by atoms with Gasteiger partial charge in [0.15, 0.2) is 5.65 Å². The molecule has 21 heavy (non-hydrogen) atoms. The lowest BCUT2D eigenvalue weighted by Crippen LogP contribution is -2.13. The molecule has 0 saturated heterocycles. The molecule has 0 aromatic carbocycles. The molecule has 0 spiro atoms. The van der Waals surface area contributed by atoms with Gasteiger partial charge in [0.2, 0.25) is 5.88 Å². The number of pyridine rings is 1. The maximum Gasteiger partial charge on any atom is 0.215 e. The van der Waals surface area contributed by atoms with Crippen molar-refractivity contribution in [3.63, 3.8) is 0 Å². The van der Waals surface area contributed by atoms with Gasteiger partial charge in [0.25, 0.3) is 0 Å². The molecule has 114 valence electrons. The van der Waals surface area contributed by atoms with E-state index in [1.165, 1.54) is 19.3 Å². The van der Waals surface area contributed by atoms with Crippen LogP contribution >= 0.6 is 11.6 Å². The van der Waals surface area contributed by atoms with Gasteiger partial charge in [-0.1, -0.05) is 19.8 Å². The number of alkyl halides is 1. The first-order chi connectivity index (χ1) is 10.3. The summed E-state index contributed by atoms with van der Waals surface area (Å²) in [6.07, 6.45) is 5.82. The predicted octanol–water partition coefficient (Wildman–Crippen LogP) is 3.97. The highest BCUT2D eigenvalue weighted by Crippen LogP contribution is 2.39. The zero-order valence-corrected chi connectivity index (χ0v) is 13.4. The van der Waals surface area contributed by atoms with Crippen LogP contribution in [-0.2, 0) is 6.42 Å². The SMILES string of the molecule is CCC(CC1CC1)n1c(CCCl)nc2ccc(OC)nc21. The third kappa shape index (κ3) is 3.00. The van der Waals surface area contributed by atoms with Gasteiger partial charge in [-0.15, -0.1) is 11.6 Å². The van der Waals surface area contributed by atoms with E-state index in [-0.39, 0.29) is 0 Å². The largest absolute Gasteiger partial charge is 0.481 e. The summed E-state index contributed by atoms with van der Waals surface area (Å²) in [6, 6.07) is 4.31. The minimum atomic E-state index is 0.459. The molecule has 2 aromatic heterocycles. The fourth-order valence-corrected chi connectivity index (χ4v) is 3.12. The van der Waals surface area contributed by atoms with Crippen molar-refractivity contribution in [1.29, 1.82) is 0 Å². The summed E-state index contributed by atoms with van der Waals surface area (Å²) in [4.78, 5) is 9.36. The molecule has 0 aliphatic heterocycles. The number of hydrogen-bond acceptors (Lipinski definition) is 3. The zero-order chi connectivity index (χ0) is 14.8. The second kappa shape index (κ2) is 6.22. The van der Waals surface area contributed by atoms with Crippen LogP contribution in [-0.4, -0.2) is 27.5 Å². The molecule has 1 atom stereocenters. The number of nitrogens with zero attached hydrogens (tertiary/aromatic N) is 3. The Balaban J connectivity index is 2.07. The number of ether oxygens (including phenoxy) is 1. The van der Waals surface area contributed by atoms with Crippen molar-refractivity contribution in [2.24, 2.45) is 5.92 Å².